The van der Waals surface area contributed by atoms with Crippen molar-refractivity contribution >= 4 is 52.3 Å². The van der Waals surface area contributed by atoms with Crippen molar-refractivity contribution in [1.82, 2.24) is 15.5 Å². The Morgan fingerprint density at radius 2 is 1.79 bits per heavy atom. The van der Waals surface area contributed by atoms with Crippen LogP contribution in [-0.2, 0) is 0 Å². The molecule has 3 rings (SSSR count). The van der Waals surface area contributed by atoms with Crippen LogP contribution in [0.5, 0.6) is 0 Å². The highest BCUT2D eigenvalue weighted by Gasteiger charge is 2.25. The minimum absolute atomic E-state index is 0.0441. The fraction of sp³-hybridized carbons (Fsp3) is 0.450. The van der Waals surface area contributed by atoms with Crippen LogP contribution in [0, 0.1) is 5.92 Å². The molecule has 6 nitrogen and oxygen atoms in total. The van der Waals surface area contributed by atoms with Gasteiger partial charge in [-0.3, -0.25) is 14.7 Å². The van der Waals surface area contributed by atoms with Crippen molar-refractivity contribution in [2.45, 2.75) is 51.5 Å². The van der Waals surface area contributed by atoms with Gasteiger partial charge in [-0.05, 0) is 43.7 Å². The zero-order chi connectivity index (χ0) is 21.0. The molecule has 9 heteroatoms. The van der Waals surface area contributed by atoms with Gasteiger partial charge >= 0.3 is 0 Å². The molecule has 1 saturated carbocycles. The molecule has 0 radical (unpaired) electrons. The summed E-state index contributed by atoms with van der Waals surface area (Å²) >= 11 is 18.2. The molecule has 0 atom stereocenters. The van der Waals surface area contributed by atoms with Gasteiger partial charge in [-0.2, -0.15) is 5.10 Å². The zero-order valence-corrected chi connectivity index (χ0v) is 18.3. The molecule has 2 aromatic rings. The molecule has 1 aliphatic rings. The average molecular weight is 458 g/mol. The number of nitrogens with zero attached hydrogens (tertiary/aromatic N) is 1. The van der Waals surface area contributed by atoms with Crippen molar-refractivity contribution in [2.75, 3.05) is 5.32 Å². The van der Waals surface area contributed by atoms with E-state index in [9.17, 15) is 9.59 Å². The van der Waals surface area contributed by atoms with Gasteiger partial charge < -0.3 is 10.6 Å². The fourth-order valence-corrected chi connectivity index (χ4v) is 4.44. The van der Waals surface area contributed by atoms with Crippen molar-refractivity contribution in [3.05, 3.63) is 44.7 Å². The molecule has 29 heavy (non-hydrogen) atoms. The second kappa shape index (κ2) is 9.83. The molecule has 1 aromatic heterocycles. The quantitative estimate of drug-likeness (QED) is 0.485. The number of H-pyrrole nitrogens is 1. The standard InChI is InChI=1S/C20H23Cl3N4O2/c1-2-3-11-4-6-12(7-5-11)25-20(29)18-15(10-24-27-18)26-19(28)16-13(21)8-9-14(22)17(16)23/h8-12H,2-7H2,1H3,(H,24,27)(H,25,29)(H,26,28). The van der Waals surface area contributed by atoms with E-state index < -0.39 is 5.91 Å². The predicted molar refractivity (Wildman–Crippen MR) is 116 cm³/mol. The SMILES string of the molecule is CCCC1CCC(NC(=O)c2[nH]ncc2NC(=O)c2c(Cl)ccc(Cl)c2Cl)CC1. The number of carbonyl (C=O) groups excluding carboxylic acids is 2. The van der Waals surface area contributed by atoms with Gasteiger partial charge in [0.2, 0.25) is 0 Å². The molecule has 0 unspecified atom stereocenters. The van der Waals surface area contributed by atoms with Gasteiger partial charge in [0.15, 0.2) is 0 Å². The number of benzene rings is 1. The van der Waals surface area contributed by atoms with Crippen LogP contribution in [0.2, 0.25) is 15.1 Å². The molecule has 0 spiro atoms. The van der Waals surface area contributed by atoms with E-state index in [0.29, 0.717) is 0 Å². The number of amides is 2. The molecule has 1 aliphatic carbocycles. The van der Waals surface area contributed by atoms with Crippen LogP contribution in [0.25, 0.3) is 0 Å². The Morgan fingerprint density at radius 1 is 1.10 bits per heavy atom. The van der Waals surface area contributed by atoms with Gasteiger partial charge in [-0.1, -0.05) is 54.6 Å². The number of anilines is 1. The second-order valence-electron chi connectivity index (χ2n) is 7.31. The number of hydrogen-bond donors (Lipinski definition) is 3. The third kappa shape index (κ3) is 5.24. The summed E-state index contributed by atoms with van der Waals surface area (Å²) in [6.45, 7) is 2.20. The van der Waals surface area contributed by atoms with Crippen LogP contribution in [0.1, 0.15) is 66.3 Å². The topological polar surface area (TPSA) is 86.9 Å². The van der Waals surface area contributed by atoms with Crippen molar-refractivity contribution in [1.29, 1.82) is 0 Å². The first-order chi connectivity index (χ1) is 13.9. The first kappa shape index (κ1) is 21.9. The summed E-state index contributed by atoms with van der Waals surface area (Å²) in [5, 5.41) is 12.6. The van der Waals surface area contributed by atoms with Gasteiger partial charge in [-0.15, -0.1) is 0 Å². The number of aromatic amines is 1. The molecule has 0 saturated heterocycles. The first-order valence-electron chi connectivity index (χ1n) is 9.69. The van der Waals surface area contributed by atoms with Gasteiger partial charge in [0.1, 0.15) is 5.69 Å². The van der Waals surface area contributed by atoms with E-state index in [0.717, 1.165) is 31.6 Å². The van der Waals surface area contributed by atoms with Crippen molar-refractivity contribution in [3.8, 4) is 0 Å². The van der Waals surface area contributed by atoms with Crippen LogP contribution in [-0.4, -0.2) is 28.1 Å². The Labute approximate surface area is 184 Å². The third-order valence-electron chi connectivity index (χ3n) is 5.26. The molecule has 0 aliphatic heterocycles. The van der Waals surface area contributed by atoms with E-state index in [1.807, 2.05) is 0 Å². The van der Waals surface area contributed by atoms with Crippen LogP contribution >= 0.6 is 34.8 Å². The lowest BCUT2D eigenvalue weighted by molar-refractivity contribution is 0.0917. The maximum absolute atomic E-state index is 12.7. The Kier molecular flexibility index (Phi) is 7.44. The Morgan fingerprint density at radius 3 is 2.48 bits per heavy atom. The van der Waals surface area contributed by atoms with Crippen LogP contribution < -0.4 is 10.6 Å². The van der Waals surface area contributed by atoms with E-state index in [1.54, 1.807) is 0 Å². The Hall–Kier alpha value is -1.76. The molecular weight excluding hydrogens is 435 g/mol. The normalized spacial score (nSPS) is 19.0. The maximum Gasteiger partial charge on any atom is 0.271 e. The van der Waals surface area contributed by atoms with Crippen molar-refractivity contribution < 1.29 is 9.59 Å². The smallest absolute Gasteiger partial charge is 0.271 e. The number of halogens is 3. The largest absolute Gasteiger partial charge is 0.348 e. The maximum atomic E-state index is 12.7. The van der Waals surface area contributed by atoms with E-state index >= 15 is 0 Å². The van der Waals surface area contributed by atoms with Crippen LogP contribution in [0.3, 0.4) is 0 Å². The number of hydrogen-bond acceptors (Lipinski definition) is 3. The molecule has 1 aromatic carbocycles. The summed E-state index contributed by atoms with van der Waals surface area (Å²) in [7, 11) is 0. The molecule has 1 heterocycles. The highest BCUT2D eigenvalue weighted by atomic mass is 35.5. The molecule has 3 N–H and O–H groups in total. The number of carbonyl (C=O) groups is 2. The second-order valence-corrected chi connectivity index (χ2v) is 8.50. The number of aromatic nitrogens is 2. The number of nitrogens with one attached hydrogen (secondary N) is 3. The van der Waals surface area contributed by atoms with Crippen molar-refractivity contribution in [2.24, 2.45) is 5.92 Å². The highest BCUT2D eigenvalue weighted by Crippen LogP contribution is 2.32. The summed E-state index contributed by atoms with van der Waals surface area (Å²) in [5.74, 6) is -0.125. The first-order valence-corrected chi connectivity index (χ1v) is 10.8. The minimum Gasteiger partial charge on any atom is -0.348 e. The minimum atomic E-state index is -0.571. The van der Waals surface area contributed by atoms with Gasteiger partial charge in [0, 0.05) is 6.04 Å². The summed E-state index contributed by atoms with van der Waals surface area (Å²) < 4.78 is 0. The molecule has 2 amide bonds. The van der Waals surface area contributed by atoms with E-state index in [-0.39, 0.29) is 44.0 Å². The van der Waals surface area contributed by atoms with Gasteiger partial charge in [0.25, 0.3) is 11.8 Å². The summed E-state index contributed by atoms with van der Waals surface area (Å²) in [4.78, 5) is 25.4. The van der Waals surface area contributed by atoms with E-state index in [2.05, 4.69) is 27.8 Å². The van der Waals surface area contributed by atoms with Crippen LogP contribution in [0.4, 0.5) is 5.69 Å². The lowest BCUT2D eigenvalue weighted by Crippen LogP contribution is -2.38. The summed E-state index contributed by atoms with van der Waals surface area (Å²) in [5.41, 5.74) is 0.477. The van der Waals surface area contributed by atoms with Crippen molar-refractivity contribution in [3.63, 3.8) is 0 Å². The Balaban J connectivity index is 1.66. The van der Waals surface area contributed by atoms with Gasteiger partial charge in [-0.25, -0.2) is 0 Å². The monoisotopic (exact) mass is 456 g/mol. The zero-order valence-electron chi connectivity index (χ0n) is 16.0. The lowest BCUT2D eigenvalue weighted by atomic mass is 9.83. The average Bonchev–Trinajstić information content (AvgIpc) is 3.15. The summed E-state index contributed by atoms with van der Waals surface area (Å²) in [6, 6.07) is 3.12. The molecule has 1 fully saturated rings. The van der Waals surface area contributed by atoms with E-state index in [4.69, 9.17) is 34.8 Å². The highest BCUT2D eigenvalue weighted by molar-refractivity contribution is 6.46. The summed E-state index contributed by atoms with van der Waals surface area (Å²) in [6.07, 6.45) is 7.97. The Bertz CT molecular complexity index is 892. The molecular formula is C20H23Cl3N4O2. The van der Waals surface area contributed by atoms with E-state index in [1.165, 1.54) is 31.2 Å². The third-order valence-corrected chi connectivity index (χ3v) is 6.38. The van der Waals surface area contributed by atoms with Crippen LogP contribution in [0.15, 0.2) is 18.3 Å². The fourth-order valence-electron chi connectivity index (χ4n) is 3.74. The van der Waals surface area contributed by atoms with Gasteiger partial charge in [0.05, 0.1) is 32.5 Å². The molecule has 156 valence electrons. The predicted octanol–water partition coefficient (Wildman–Crippen LogP) is 5.71. The lowest BCUT2D eigenvalue weighted by Gasteiger charge is -2.28. The number of rotatable bonds is 6. The molecule has 0 bridgehead atoms.